The normalized spacial score (nSPS) is 19.8. The fourth-order valence-corrected chi connectivity index (χ4v) is 2.57. The van der Waals surface area contributed by atoms with E-state index in [4.69, 9.17) is 15.6 Å². The van der Waals surface area contributed by atoms with Gasteiger partial charge in [0, 0.05) is 12.2 Å². The number of nitrogen functional groups attached to an aromatic ring is 1. The molecule has 144 valence electrons. The van der Waals surface area contributed by atoms with Crippen molar-refractivity contribution in [3.05, 3.63) is 11.9 Å². The highest BCUT2D eigenvalue weighted by Crippen LogP contribution is 2.22. The molecule has 0 radical (unpaired) electrons. The van der Waals surface area contributed by atoms with Crippen molar-refractivity contribution < 1.29 is 24.2 Å². The number of carbonyl (C=O) groups is 3. The van der Waals surface area contributed by atoms with E-state index in [2.05, 4.69) is 20.6 Å². The number of aryl methyl sites for hydroxylation is 1. The number of hydrogen-bond acceptors (Lipinski definition) is 6. The molecule has 0 aromatic carbocycles. The molecule has 1 aliphatic heterocycles. The van der Waals surface area contributed by atoms with E-state index in [9.17, 15) is 14.4 Å². The van der Waals surface area contributed by atoms with E-state index < -0.39 is 30.1 Å². The third-order valence-corrected chi connectivity index (χ3v) is 3.90. The molecule has 1 aromatic heterocycles. The smallest absolute Gasteiger partial charge is 0.336 e. The second kappa shape index (κ2) is 8.65. The van der Waals surface area contributed by atoms with Crippen molar-refractivity contribution in [2.24, 2.45) is 5.92 Å². The maximum Gasteiger partial charge on any atom is 0.336 e. The number of epoxide rings is 1. The molecule has 1 aromatic rings. The zero-order valence-electron chi connectivity index (χ0n) is 14.8. The summed E-state index contributed by atoms with van der Waals surface area (Å²) in [6.07, 6.45) is 1.30. The molecule has 1 aliphatic rings. The summed E-state index contributed by atoms with van der Waals surface area (Å²) in [5.41, 5.74) is 6.38. The summed E-state index contributed by atoms with van der Waals surface area (Å²) >= 11 is 0. The molecule has 1 saturated heterocycles. The summed E-state index contributed by atoms with van der Waals surface area (Å²) in [6, 6.07) is -0.732. The minimum absolute atomic E-state index is 0.175. The van der Waals surface area contributed by atoms with Gasteiger partial charge in [0.15, 0.2) is 18.2 Å². The molecule has 1 fully saturated rings. The lowest BCUT2D eigenvalue weighted by atomic mass is 10.0. The first-order valence-electron chi connectivity index (χ1n) is 8.53. The van der Waals surface area contributed by atoms with Crippen LogP contribution in [0.25, 0.3) is 0 Å². The molecule has 2 rings (SSSR count). The Morgan fingerprint density at radius 1 is 1.38 bits per heavy atom. The van der Waals surface area contributed by atoms with Gasteiger partial charge >= 0.3 is 5.97 Å². The van der Waals surface area contributed by atoms with Crippen molar-refractivity contribution in [2.45, 2.75) is 51.4 Å². The number of aliphatic carboxylic acids is 1. The van der Waals surface area contributed by atoms with Gasteiger partial charge in [-0.3, -0.25) is 9.59 Å². The van der Waals surface area contributed by atoms with Crippen LogP contribution in [0.1, 0.15) is 32.4 Å². The number of ether oxygens (including phenoxy) is 1. The van der Waals surface area contributed by atoms with Crippen LogP contribution >= 0.6 is 0 Å². The Morgan fingerprint density at radius 3 is 2.65 bits per heavy atom. The Morgan fingerprint density at radius 2 is 2.12 bits per heavy atom. The van der Waals surface area contributed by atoms with Crippen LogP contribution in [-0.2, 0) is 25.5 Å². The number of imidazole rings is 1. The van der Waals surface area contributed by atoms with Crippen LogP contribution in [0.3, 0.4) is 0 Å². The van der Waals surface area contributed by atoms with Crippen LogP contribution in [-0.4, -0.2) is 57.7 Å². The highest BCUT2D eigenvalue weighted by molar-refractivity contribution is 5.95. The van der Waals surface area contributed by atoms with Crippen molar-refractivity contribution in [3.8, 4) is 0 Å². The standard InChI is InChI=1S/C16H25N5O5/c1-8(2)6-10(21-14(23)11-12(26-11)15(24)25)13(22)18-5-3-4-9-7-19-16(17)20-9/h7-8,10-12H,3-6H2,1-2H3,(H,18,22)(H,21,23)(H,24,25)(H3,17,19,20)/t10-,11-,12-/m0/s1. The molecule has 0 spiro atoms. The highest BCUT2D eigenvalue weighted by atomic mass is 16.6. The fourth-order valence-electron chi connectivity index (χ4n) is 2.57. The molecular weight excluding hydrogens is 342 g/mol. The molecule has 26 heavy (non-hydrogen) atoms. The van der Waals surface area contributed by atoms with Crippen molar-refractivity contribution in [2.75, 3.05) is 12.3 Å². The molecule has 3 atom stereocenters. The Labute approximate surface area is 150 Å². The van der Waals surface area contributed by atoms with Crippen LogP contribution in [0, 0.1) is 5.92 Å². The number of aromatic nitrogens is 2. The number of H-pyrrole nitrogens is 1. The van der Waals surface area contributed by atoms with Gasteiger partial charge in [0.25, 0.3) is 5.91 Å². The van der Waals surface area contributed by atoms with Gasteiger partial charge in [0.05, 0.1) is 6.20 Å². The third-order valence-electron chi connectivity index (χ3n) is 3.90. The van der Waals surface area contributed by atoms with E-state index in [1.807, 2.05) is 13.8 Å². The number of carbonyl (C=O) groups excluding carboxylic acids is 2. The number of carboxylic acid groups (broad SMARTS) is 1. The Bertz CT molecular complexity index is 659. The zero-order valence-corrected chi connectivity index (χ0v) is 14.8. The first kappa shape index (κ1) is 19.7. The Balaban J connectivity index is 1.78. The van der Waals surface area contributed by atoms with E-state index >= 15 is 0 Å². The average molecular weight is 367 g/mol. The minimum Gasteiger partial charge on any atom is -0.479 e. The van der Waals surface area contributed by atoms with Crippen molar-refractivity contribution in [1.82, 2.24) is 20.6 Å². The molecule has 0 bridgehead atoms. The van der Waals surface area contributed by atoms with E-state index in [1.165, 1.54) is 0 Å². The monoisotopic (exact) mass is 367 g/mol. The minimum atomic E-state index is -1.19. The van der Waals surface area contributed by atoms with Gasteiger partial charge < -0.3 is 31.2 Å². The Hall–Kier alpha value is -2.62. The molecule has 0 saturated carbocycles. The van der Waals surface area contributed by atoms with Crippen LogP contribution in [0.15, 0.2) is 6.20 Å². The molecule has 2 amide bonds. The molecule has 0 unspecified atom stereocenters. The summed E-state index contributed by atoms with van der Waals surface area (Å²) in [5.74, 6) is -1.54. The average Bonchev–Trinajstić information content (AvgIpc) is 3.27. The molecular formula is C16H25N5O5. The lowest BCUT2D eigenvalue weighted by molar-refractivity contribution is -0.138. The molecule has 6 N–H and O–H groups in total. The van der Waals surface area contributed by atoms with Gasteiger partial charge in [-0.1, -0.05) is 13.8 Å². The Kier molecular flexibility index (Phi) is 6.56. The van der Waals surface area contributed by atoms with E-state index in [-0.39, 0.29) is 11.8 Å². The summed E-state index contributed by atoms with van der Waals surface area (Å²) in [5, 5.41) is 14.2. The summed E-state index contributed by atoms with van der Waals surface area (Å²) in [7, 11) is 0. The number of rotatable bonds is 10. The van der Waals surface area contributed by atoms with Gasteiger partial charge in [-0.05, 0) is 25.2 Å². The summed E-state index contributed by atoms with van der Waals surface area (Å²) in [6.45, 7) is 4.30. The van der Waals surface area contributed by atoms with Gasteiger partial charge in [-0.25, -0.2) is 9.78 Å². The number of nitrogens with zero attached hydrogens (tertiary/aromatic N) is 1. The number of amides is 2. The van der Waals surface area contributed by atoms with Gasteiger partial charge in [-0.15, -0.1) is 0 Å². The molecule has 10 heteroatoms. The number of hydrogen-bond donors (Lipinski definition) is 5. The number of carboxylic acids is 1. The van der Waals surface area contributed by atoms with Gasteiger partial charge in [0.2, 0.25) is 5.91 Å². The van der Waals surface area contributed by atoms with E-state index in [0.717, 1.165) is 5.69 Å². The first-order chi connectivity index (χ1) is 12.3. The van der Waals surface area contributed by atoms with Gasteiger partial charge in [-0.2, -0.15) is 0 Å². The van der Waals surface area contributed by atoms with Crippen LogP contribution in [0.5, 0.6) is 0 Å². The topological polar surface area (TPSA) is 163 Å². The van der Waals surface area contributed by atoms with Crippen LogP contribution in [0.2, 0.25) is 0 Å². The summed E-state index contributed by atoms with van der Waals surface area (Å²) < 4.78 is 4.81. The number of anilines is 1. The first-order valence-corrected chi connectivity index (χ1v) is 8.53. The zero-order chi connectivity index (χ0) is 19.3. The fraction of sp³-hybridized carbons (Fsp3) is 0.625. The second-order valence-corrected chi connectivity index (χ2v) is 6.69. The highest BCUT2D eigenvalue weighted by Gasteiger charge is 2.51. The number of aromatic amines is 1. The van der Waals surface area contributed by atoms with Crippen molar-refractivity contribution >= 4 is 23.7 Å². The maximum atomic E-state index is 12.4. The number of nitrogens with one attached hydrogen (secondary N) is 3. The largest absolute Gasteiger partial charge is 0.479 e. The second-order valence-electron chi connectivity index (χ2n) is 6.69. The third kappa shape index (κ3) is 5.73. The van der Waals surface area contributed by atoms with Crippen LogP contribution < -0.4 is 16.4 Å². The predicted molar refractivity (Wildman–Crippen MR) is 92.0 cm³/mol. The SMILES string of the molecule is CC(C)C[C@H](NC(=O)[C@H]1O[C@@H]1C(=O)O)C(=O)NCCCc1cnc(N)[nH]1. The van der Waals surface area contributed by atoms with Gasteiger partial charge in [0.1, 0.15) is 6.04 Å². The lowest BCUT2D eigenvalue weighted by Gasteiger charge is -2.19. The van der Waals surface area contributed by atoms with Crippen molar-refractivity contribution in [3.63, 3.8) is 0 Å². The lowest BCUT2D eigenvalue weighted by Crippen LogP contribution is -2.49. The molecule has 0 aliphatic carbocycles. The maximum absolute atomic E-state index is 12.4. The van der Waals surface area contributed by atoms with Crippen molar-refractivity contribution in [1.29, 1.82) is 0 Å². The predicted octanol–water partition coefficient (Wildman–Crippen LogP) is -0.576. The molecule has 10 nitrogen and oxygen atoms in total. The number of nitrogens with two attached hydrogens (primary N) is 1. The molecule has 2 heterocycles. The quantitative estimate of drug-likeness (QED) is 0.273. The van der Waals surface area contributed by atoms with Crippen LogP contribution in [0.4, 0.5) is 5.95 Å². The summed E-state index contributed by atoms with van der Waals surface area (Å²) in [4.78, 5) is 42.0. The van der Waals surface area contributed by atoms with E-state index in [1.54, 1.807) is 6.20 Å². The van der Waals surface area contributed by atoms with E-state index in [0.29, 0.717) is 31.8 Å².